The molecule has 3 nitrogen and oxygen atoms in total. The van der Waals surface area contributed by atoms with Crippen LogP contribution in [0.4, 0.5) is 0 Å². The fourth-order valence-corrected chi connectivity index (χ4v) is 1.29. The first-order valence-electron chi connectivity index (χ1n) is 3.89. The highest BCUT2D eigenvalue weighted by Crippen LogP contribution is 2.39. The quantitative estimate of drug-likeness (QED) is 0.354. The van der Waals surface area contributed by atoms with E-state index in [2.05, 4.69) is 11.3 Å². The number of ether oxygens (including phenoxy) is 1. The fourth-order valence-electron chi connectivity index (χ4n) is 1.29. The van der Waals surface area contributed by atoms with Crippen LogP contribution in [0.3, 0.4) is 0 Å². The average Bonchev–Trinajstić information content (AvgIpc) is 2.17. The zero-order valence-electron chi connectivity index (χ0n) is 7.29. The largest absolute Gasteiger partial charge is 0.392 e. The molecule has 0 amide bonds. The van der Waals surface area contributed by atoms with Crippen molar-refractivity contribution in [1.82, 2.24) is 0 Å². The molecular weight excluding hydrogens is 156 g/mol. The van der Waals surface area contributed by atoms with E-state index in [0.717, 1.165) is 0 Å². The molecule has 0 aliphatic carbocycles. The van der Waals surface area contributed by atoms with Crippen LogP contribution >= 0.6 is 0 Å². The summed E-state index contributed by atoms with van der Waals surface area (Å²) in [6.45, 7) is 6.98. The molecule has 66 valence electrons. The standard InChI is InChI=1S/C9H12O3/c1-4-5-9(3)6(2)7(10)12-8(9)11/h4,6H,1,5H2,2-3H3. The van der Waals surface area contributed by atoms with Crippen molar-refractivity contribution >= 4 is 11.9 Å². The second kappa shape index (κ2) is 2.73. The number of rotatable bonds is 2. The highest BCUT2D eigenvalue weighted by atomic mass is 16.6. The van der Waals surface area contributed by atoms with E-state index in [-0.39, 0.29) is 5.92 Å². The molecule has 1 aliphatic heterocycles. The van der Waals surface area contributed by atoms with Crippen LogP contribution in [0.1, 0.15) is 20.3 Å². The van der Waals surface area contributed by atoms with Crippen LogP contribution in [-0.4, -0.2) is 11.9 Å². The second-order valence-corrected chi connectivity index (χ2v) is 3.34. The molecule has 2 atom stereocenters. The summed E-state index contributed by atoms with van der Waals surface area (Å²) in [5.41, 5.74) is -0.696. The molecular formula is C9H12O3. The Labute approximate surface area is 71.4 Å². The predicted molar refractivity (Wildman–Crippen MR) is 43.2 cm³/mol. The molecule has 0 saturated carbocycles. The Balaban J connectivity index is 2.94. The zero-order chi connectivity index (χ0) is 9.35. The fraction of sp³-hybridized carbons (Fsp3) is 0.556. The third kappa shape index (κ3) is 1.05. The molecule has 1 saturated heterocycles. The van der Waals surface area contributed by atoms with Crippen molar-refractivity contribution in [3.63, 3.8) is 0 Å². The van der Waals surface area contributed by atoms with E-state index in [1.807, 2.05) is 0 Å². The Morgan fingerprint density at radius 3 is 2.58 bits per heavy atom. The van der Waals surface area contributed by atoms with Gasteiger partial charge < -0.3 is 4.74 Å². The highest BCUT2D eigenvalue weighted by molar-refractivity contribution is 5.98. The van der Waals surface area contributed by atoms with Gasteiger partial charge in [0.25, 0.3) is 0 Å². The van der Waals surface area contributed by atoms with Crippen molar-refractivity contribution in [2.45, 2.75) is 20.3 Å². The summed E-state index contributed by atoms with van der Waals surface area (Å²) in [6.07, 6.45) is 2.12. The molecule has 0 N–H and O–H groups in total. The smallest absolute Gasteiger partial charge is 0.320 e. The highest BCUT2D eigenvalue weighted by Gasteiger charge is 2.50. The van der Waals surface area contributed by atoms with E-state index in [1.165, 1.54) is 0 Å². The summed E-state index contributed by atoms with van der Waals surface area (Å²) < 4.78 is 4.52. The van der Waals surface area contributed by atoms with Crippen molar-refractivity contribution in [3.8, 4) is 0 Å². The van der Waals surface area contributed by atoms with Crippen molar-refractivity contribution < 1.29 is 14.3 Å². The normalized spacial score (nSPS) is 35.0. The molecule has 0 radical (unpaired) electrons. The third-order valence-corrected chi connectivity index (χ3v) is 2.54. The zero-order valence-corrected chi connectivity index (χ0v) is 7.29. The van der Waals surface area contributed by atoms with Gasteiger partial charge in [-0.25, -0.2) is 0 Å². The Kier molecular flexibility index (Phi) is 2.04. The number of carbonyl (C=O) groups excluding carboxylic acids is 2. The lowest BCUT2D eigenvalue weighted by molar-refractivity contribution is -0.155. The first-order valence-corrected chi connectivity index (χ1v) is 3.89. The Hall–Kier alpha value is -1.12. The maximum Gasteiger partial charge on any atom is 0.320 e. The minimum absolute atomic E-state index is 0.358. The predicted octanol–water partition coefficient (Wildman–Crippen LogP) is 1.29. The Morgan fingerprint density at radius 2 is 2.25 bits per heavy atom. The second-order valence-electron chi connectivity index (χ2n) is 3.34. The van der Waals surface area contributed by atoms with Gasteiger partial charge in [-0.2, -0.15) is 0 Å². The van der Waals surface area contributed by atoms with E-state index >= 15 is 0 Å². The van der Waals surface area contributed by atoms with Gasteiger partial charge >= 0.3 is 11.9 Å². The number of cyclic esters (lactones) is 2. The molecule has 1 heterocycles. The summed E-state index contributed by atoms with van der Waals surface area (Å²) in [5, 5.41) is 0. The van der Waals surface area contributed by atoms with Crippen LogP contribution in [0.15, 0.2) is 12.7 Å². The summed E-state index contributed by atoms with van der Waals surface area (Å²) in [5.74, 6) is -1.22. The van der Waals surface area contributed by atoms with Crippen molar-refractivity contribution in [2.75, 3.05) is 0 Å². The topological polar surface area (TPSA) is 43.4 Å². The average molecular weight is 168 g/mol. The molecule has 1 rings (SSSR count). The van der Waals surface area contributed by atoms with Crippen LogP contribution in [-0.2, 0) is 14.3 Å². The van der Waals surface area contributed by atoms with Crippen LogP contribution in [0.2, 0.25) is 0 Å². The molecule has 0 aromatic carbocycles. The van der Waals surface area contributed by atoms with Crippen LogP contribution < -0.4 is 0 Å². The molecule has 2 unspecified atom stereocenters. The number of hydrogen-bond acceptors (Lipinski definition) is 3. The van der Waals surface area contributed by atoms with Gasteiger partial charge in [0.1, 0.15) is 0 Å². The number of allylic oxidation sites excluding steroid dienone is 1. The molecule has 12 heavy (non-hydrogen) atoms. The van der Waals surface area contributed by atoms with Gasteiger partial charge in [0, 0.05) is 0 Å². The van der Waals surface area contributed by atoms with Gasteiger partial charge in [-0.15, -0.1) is 6.58 Å². The lowest BCUT2D eigenvalue weighted by Crippen LogP contribution is -2.28. The van der Waals surface area contributed by atoms with Gasteiger partial charge in [0.15, 0.2) is 0 Å². The number of hydrogen-bond donors (Lipinski definition) is 0. The molecule has 1 fully saturated rings. The minimum Gasteiger partial charge on any atom is -0.392 e. The van der Waals surface area contributed by atoms with E-state index in [0.29, 0.717) is 6.42 Å². The van der Waals surface area contributed by atoms with E-state index in [9.17, 15) is 9.59 Å². The maximum atomic E-state index is 11.2. The molecule has 1 aliphatic rings. The summed E-state index contributed by atoms with van der Waals surface area (Å²) >= 11 is 0. The van der Waals surface area contributed by atoms with Crippen molar-refractivity contribution in [3.05, 3.63) is 12.7 Å². The lowest BCUT2D eigenvalue weighted by atomic mass is 9.77. The third-order valence-electron chi connectivity index (χ3n) is 2.54. The van der Waals surface area contributed by atoms with E-state index in [4.69, 9.17) is 0 Å². The monoisotopic (exact) mass is 168 g/mol. The Bertz CT molecular complexity index is 244. The van der Waals surface area contributed by atoms with Crippen molar-refractivity contribution in [2.24, 2.45) is 11.3 Å². The first kappa shape index (κ1) is 8.97. The molecule has 0 aromatic rings. The maximum absolute atomic E-state index is 11.2. The van der Waals surface area contributed by atoms with Gasteiger partial charge in [-0.05, 0) is 13.3 Å². The molecule has 0 bridgehead atoms. The number of esters is 2. The first-order chi connectivity index (χ1) is 5.52. The van der Waals surface area contributed by atoms with Gasteiger partial charge in [-0.3, -0.25) is 9.59 Å². The minimum atomic E-state index is -0.696. The van der Waals surface area contributed by atoms with Crippen LogP contribution in [0.5, 0.6) is 0 Å². The SMILES string of the molecule is C=CCC1(C)C(=O)OC(=O)C1C. The summed E-state index contributed by atoms with van der Waals surface area (Å²) in [4.78, 5) is 22.2. The van der Waals surface area contributed by atoms with Crippen LogP contribution in [0, 0.1) is 11.3 Å². The van der Waals surface area contributed by atoms with E-state index in [1.54, 1.807) is 19.9 Å². The van der Waals surface area contributed by atoms with E-state index < -0.39 is 17.4 Å². The number of carbonyl (C=O) groups is 2. The van der Waals surface area contributed by atoms with Gasteiger partial charge in [0.05, 0.1) is 11.3 Å². The lowest BCUT2D eigenvalue weighted by Gasteiger charge is -2.19. The van der Waals surface area contributed by atoms with Crippen LogP contribution in [0.25, 0.3) is 0 Å². The molecule has 0 aromatic heterocycles. The van der Waals surface area contributed by atoms with Gasteiger partial charge in [0.2, 0.25) is 0 Å². The molecule has 0 spiro atoms. The summed E-state index contributed by atoms with van der Waals surface area (Å²) in [7, 11) is 0. The molecule has 3 heteroatoms. The summed E-state index contributed by atoms with van der Waals surface area (Å²) in [6, 6.07) is 0. The van der Waals surface area contributed by atoms with Crippen molar-refractivity contribution in [1.29, 1.82) is 0 Å². The van der Waals surface area contributed by atoms with Gasteiger partial charge in [-0.1, -0.05) is 13.0 Å². The Morgan fingerprint density at radius 1 is 1.67 bits per heavy atom.